The van der Waals surface area contributed by atoms with E-state index >= 15 is 0 Å². The minimum Gasteiger partial charge on any atom is -0.417 e. The van der Waals surface area contributed by atoms with Gasteiger partial charge < -0.3 is 10.1 Å². The number of halogens is 2. The molecule has 1 saturated heterocycles. The summed E-state index contributed by atoms with van der Waals surface area (Å²) in [6.07, 6.45) is 3.22. The lowest BCUT2D eigenvalue weighted by Crippen LogP contribution is -2.31. The van der Waals surface area contributed by atoms with Gasteiger partial charge in [-0.2, -0.15) is 8.78 Å². The Bertz CT molecular complexity index is 425. The van der Waals surface area contributed by atoms with Gasteiger partial charge >= 0.3 is 6.61 Å². The molecule has 5 heteroatoms. The Morgan fingerprint density at radius 2 is 2.29 bits per heavy atom. The average Bonchev–Trinajstić information content (AvgIpc) is 2.65. The maximum absolute atomic E-state index is 12.1. The Morgan fingerprint density at radius 1 is 1.41 bits per heavy atom. The molecule has 1 aliphatic heterocycles. The lowest BCUT2D eigenvalue weighted by molar-refractivity contribution is -0.0529. The number of nitrogens with one attached hydrogen (secondary N) is 1. The molecule has 1 aromatic heterocycles. The van der Waals surface area contributed by atoms with Crippen LogP contribution in [0.1, 0.15) is 30.1 Å². The molecule has 2 aliphatic rings. The Morgan fingerprint density at radius 3 is 3.12 bits per heavy atom. The van der Waals surface area contributed by atoms with E-state index in [0.717, 1.165) is 24.2 Å². The summed E-state index contributed by atoms with van der Waals surface area (Å²) in [6.45, 7) is -1.78. The lowest BCUT2D eigenvalue weighted by atomic mass is 9.92. The molecule has 3 rings (SSSR count). The second-order valence-electron chi connectivity index (χ2n) is 4.60. The van der Waals surface area contributed by atoms with Crippen molar-refractivity contribution in [1.82, 2.24) is 10.3 Å². The van der Waals surface area contributed by atoms with E-state index in [9.17, 15) is 8.78 Å². The number of piperidine rings is 1. The first-order valence-electron chi connectivity index (χ1n) is 5.92. The van der Waals surface area contributed by atoms with Gasteiger partial charge in [-0.25, -0.2) is 4.98 Å². The van der Waals surface area contributed by atoms with Gasteiger partial charge in [0.05, 0.1) is 0 Å². The molecule has 0 amide bonds. The predicted molar refractivity (Wildman–Crippen MR) is 58.0 cm³/mol. The van der Waals surface area contributed by atoms with E-state index < -0.39 is 6.61 Å². The summed E-state index contributed by atoms with van der Waals surface area (Å²) >= 11 is 0. The zero-order valence-corrected chi connectivity index (χ0v) is 9.33. The SMILES string of the molecule is FC(F)Oc1ccc2c(n1)C[C@H]1CCCN[C@@H]21. The minimum absolute atomic E-state index is 0.0254. The molecule has 0 unspecified atom stereocenters. The van der Waals surface area contributed by atoms with Gasteiger partial charge in [0.15, 0.2) is 0 Å². The Labute approximate surface area is 98.2 Å². The highest BCUT2D eigenvalue weighted by molar-refractivity contribution is 5.34. The summed E-state index contributed by atoms with van der Waals surface area (Å²) in [5.41, 5.74) is 2.06. The normalized spacial score (nSPS) is 26.8. The van der Waals surface area contributed by atoms with E-state index in [0.29, 0.717) is 12.0 Å². The first-order valence-corrected chi connectivity index (χ1v) is 5.92. The van der Waals surface area contributed by atoms with Gasteiger partial charge in [-0.1, -0.05) is 6.07 Å². The zero-order chi connectivity index (χ0) is 11.8. The molecule has 0 bridgehead atoms. The van der Waals surface area contributed by atoms with Crippen LogP contribution in [0.3, 0.4) is 0 Å². The number of nitrogens with zero attached hydrogens (tertiary/aromatic N) is 1. The van der Waals surface area contributed by atoms with Gasteiger partial charge in [0.2, 0.25) is 5.88 Å². The third-order valence-electron chi connectivity index (χ3n) is 3.57. The molecule has 17 heavy (non-hydrogen) atoms. The quantitative estimate of drug-likeness (QED) is 0.861. The Hall–Kier alpha value is -1.23. The average molecular weight is 240 g/mol. The second-order valence-corrected chi connectivity index (χ2v) is 4.60. The Balaban J connectivity index is 1.86. The topological polar surface area (TPSA) is 34.1 Å². The molecular formula is C12H14F2N2O. The van der Waals surface area contributed by atoms with Gasteiger partial charge in [-0.15, -0.1) is 0 Å². The third kappa shape index (κ3) is 1.99. The number of rotatable bonds is 2. The molecule has 0 spiro atoms. The molecule has 0 saturated carbocycles. The standard InChI is InChI=1S/C12H14F2N2O/c13-12(14)17-10-4-3-8-9(16-10)6-7-2-1-5-15-11(7)8/h3-4,7,11-12,15H,1-2,5-6H2/t7-,11-/m1/s1. The van der Waals surface area contributed by atoms with Crippen LogP contribution in [0.15, 0.2) is 12.1 Å². The summed E-state index contributed by atoms with van der Waals surface area (Å²) in [5.74, 6) is 0.588. The van der Waals surface area contributed by atoms with E-state index in [1.807, 2.05) is 6.07 Å². The molecule has 1 fully saturated rings. The first kappa shape index (κ1) is 10.9. The summed E-state index contributed by atoms with van der Waals surface area (Å²) in [6, 6.07) is 3.75. The molecular weight excluding hydrogens is 226 g/mol. The number of fused-ring (bicyclic) bond motifs is 3. The van der Waals surface area contributed by atoms with Crippen molar-refractivity contribution in [2.75, 3.05) is 6.54 Å². The van der Waals surface area contributed by atoms with Gasteiger partial charge in [0.25, 0.3) is 0 Å². The van der Waals surface area contributed by atoms with Crippen LogP contribution in [-0.4, -0.2) is 18.1 Å². The van der Waals surface area contributed by atoms with Crippen molar-refractivity contribution in [3.05, 3.63) is 23.4 Å². The molecule has 0 aromatic carbocycles. The number of ether oxygens (including phenoxy) is 1. The number of alkyl halides is 2. The zero-order valence-electron chi connectivity index (χ0n) is 9.33. The van der Waals surface area contributed by atoms with Crippen LogP contribution in [0.25, 0.3) is 0 Å². The molecule has 1 aromatic rings. The summed E-state index contributed by atoms with van der Waals surface area (Å²) < 4.78 is 28.5. The number of aromatic nitrogens is 1. The van der Waals surface area contributed by atoms with Crippen molar-refractivity contribution in [2.45, 2.75) is 31.9 Å². The molecule has 92 valence electrons. The second kappa shape index (κ2) is 4.22. The van der Waals surface area contributed by atoms with Crippen LogP contribution in [0.4, 0.5) is 8.78 Å². The van der Waals surface area contributed by atoms with E-state index in [2.05, 4.69) is 15.0 Å². The van der Waals surface area contributed by atoms with Gasteiger partial charge in [-0.3, -0.25) is 0 Å². The van der Waals surface area contributed by atoms with Crippen LogP contribution in [0.2, 0.25) is 0 Å². The molecule has 2 atom stereocenters. The van der Waals surface area contributed by atoms with Gasteiger partial charge in [-0.05, 0) is 37.3 Å². The minimum atomic E-state index is -2.80. The summed E-state index contributed by atoms with van der Waals surface area (Å²) in [4.78, 5) is 4.18. The molecule has 2 heterocycles. The molecule has 0 radical (unpaired) electrons. The van der Waals surface area contributed by atoms with Crippen molar-refractivity contribution in [2.24, 2.45) is 5.92 Å². The largest absolute Gasteiger partial charge is 0.417 e. The van der Waals surface area contributed by atoms with Crippen molar-refractivity contribution in [3.8, 4) is 5.88 Å². The van der Waals surface area contributed by atoms with Gasteiger partial charge in [0, 0.05) is 17.8 Å². The van der Waals surface area contributed by atoms with Crippen LogP contribution in [0, 0.1) is 5.92 Å². The molecule has 1 N–H and O–H groups in total. The Kier molecular flexibility index (Phi) is 2.70. The van der Waals surface area contributed by atoms with E-state index in [1.54, 1.807) is 0 Å². The van der Waals surface area contributed by atoms with Crippen molar-refractivity contribution in [3.63, 3.8) is 0 Å². The lowest BCUT2D eigenvalue weighted by Gasteiger charge is -2.26. The first-order chi connectivity index (χ1) is 8.24. The van der Waals surface area contributed by atoms with Crippen LogP contribution >= 0.6 is 0 Å². The molecule has 1 aliphatic carbocycles. The fraction of sp³-hybridized carbons (Fsp3) is 0.583. The summed E-state index contributed by atoms with van der Waals surface area (Å²) in [5, 5.41) is 3.47. The maximum atomic E-state index is 12.1. The van der Waals surface area contributed by atoms with Crippen molar-refractivity contribution >= 4 is 0 Å². The van der Waals surface area contributed by atoms with E-state index in [1.165, 1.54) is 18.9 Å². The monoisotopic (exact) mass is 240 g/mol. The highest BCUT2D eigenvalue weighted by Gasteiger charge is 2.35. The third-order valence-corrected chi connectivity index (χ3v) is 3.57. The number of hydrogen-bond acceptors (Lipinski definition) is 3. The van der Waals surface area contributed by atoms with Crippen LogP contribution in [0.5, 0.6) is 5.88 Å². The number of pyridine rings is 1. The highest BCUT2D eigenvalue weighted by Crippen LogP contribution is 2.40. The fourth-order valence-corrected chi connectivity index (χ4v) is 2.88. The van der Waals surface area contributed by atoms with E-state index in [4.69, 9.17) is 0 Å². The van der Waals surface area contributed by atoms with Gasteiger partial charge in [0.1, 0.15) is 0 Å². The smallest absolute Gasteiger partial charge is 0.388 e. The fourth-order valence-electron chi connectivity index (χ4n) is 2.88. The van der Waals surface area contributed by atoms with E-state index in [-0.39, 0.29) is 5.88 Å². The van der Waals surface area contributed by atoms with Crippen LogP contribution in [-0.2, 0) is 6.42 Å². The predicted octanol–water partition coefficient (Wildman–Crippen LogP) is 2.28. The number of hydrogen-bond donors (Lipinski definition) is 1. The summed E-state index contributed by atoms with van der Waals surface area (Å²) in [7, 11) is 0. The van der Waals surface area contributed by atoms with Crippen LogP contribution < -0.4 is 10.1 Å². The molecule has 3 nitrogen and oxygen atoms in total. The highest BCUT2D eigenvalue weighted by atomic mass is 19.3. The maximum Gasteiger partial charge on any atom is 0.388 e. The van der Waals surface area contributed by atoms with Crippen molar-refractivity contribution in [1.29, 1.82) is 0 Å². The van der Waals surface area contributed by atoms with Crippen molar-refractivity contribution < 1.29 is 13.5 Å².